The quantitative estimate of drug-likeness (QED) is 0.709. The highest BCUT2D eigenvalue weighted by Crippen LogP contribution is 2.29. The highest BCUT2D eigenvalue weighted by molar-refractivity contribution is 6.31. The van der Waals surface area contributed by atoms with Gasteiger partial charge in [0.2, 0.25) is 5.91 Å². The zero-order valence-electron chi connectivity index (χ0n) is 17.0. The molecule has 0 unspecified atom stereocenters. The molecule has 1 aliphatic rings. The Morgan fingerprint density at radius 2 is 1.93 bits per heavy atom. The van der Waals surface area contributed by atoms with Gasteiger partial charge in [-0.3, -0.25) is 14.4 Å². The van der Waals surface area contributed by atoms with Gasteiger partial charge in [-0.15, -0.1) is 0 Å². The molecule has 0 aliphatic carbocycles. The van der Waals surface area contributed by atoms with E-state index in [1.165, 1.54) is 13.2 Å². The fraction of sp³-hybridized carbons (Fsp3) is 0.318. The van der Waals surface area contributed by atoms with E-state index in [-0.39, 0.29) is 18.9 Å². The number of nitrogens with zero attached hydrogens (tertiary/aromatic N) is 1. The highest BCUT2D eigenvalue weighted by atomic mass is 35.5. The molecule has 30 heavy (non-hydrogen) atoms. The van der Waals surface area contributed by atoms with Crippen molar-refractivity contribution in [3.05, 3.63) is 52.5 Å². The molecule has 8 heteroatoms. The number of nitrogens with one attached hydrogen (secondary N) is 1. The van der Waals surface area contributed by atoms with Gasteiger partial charge in [0.1, 0.15) is 5.75 Å². The Hall–Kier alpha value is -3.06. The molecular formula is C22H23ClN2O5. The first-order valence-electron chi connectivity index (χ1n) is 9.46. The average molecular weight is 431 g/mol. The predicted octanol–water partition coefficient (Wildman–Crippen LogP) is 3.50. The van der Waals surface area contributed by atoms with Gasteiger partial charge in [0.25, 0.3) is 5.91 Å². The molecule has 0 spiro atoms. The lowest BCUT2D eigenvalue weighted by atomic mass is 10.1. The fourth-order valence-corrected chi connectivity index (χ4v) is 3.40. The second kappa shape index (κ2) is 9.17. The maximum absolute atomic E-state index is 12.4. The van der Waals surface area contributed by atoms with E-state index in [1.54, 1.807) is 17.0 Å². The average Bonchev–Trinajstić information content (AvgIpc) is 3.10. The largest absolute Gasteiger partial charge is 0.495 e. The molecule has 1 heterocycles. The Kier molecular flexibility index (Phi) is 6.62. The van der Waals surface area contributed by atoms with Crippen molar-refractivity contribution in [1.82, 2.24) is 0 Å². The number of carbonyl (C=O) groups is 3. The third kappa shape index (κ3) is 4.91. The Bertz CT molecular complexity index is 991. The Labute approximate surface area is 179 Å². The summed E-state index contributed by atoms with van der Waals surface area (Å²) >= 11 is 5.94. The zero-order valence-corrected chi connectivity index (χ0v) is 17.8. The Morgan fingerprint density at radius 1 is 1.17 bits per heavy atom. The number of benzene rings is 2. The lowest BCUT2D eigenvalue weighted by molar-refractivity contribution is -0.151. The van der Waals surface area contributed by atoms with Crippen LogP contribution in [0.2, 0.25) is 5.02 Å². The molecule has 0 bridgehead atoms. The van der Waals surface area contributed by atoms with Crippen LogP contribution in [0.4, 0.5) is 11.4 Å². The third-order valence-corrected chi connectivity index (χ3v) is 5.28. The smallest absolute Gasteiger partial charge is 0.311 e. The molecule has 1 aliphatic heterocycles. The standard InChI is InChI=1S/C22H23ClN2O5/c1-13-4-6-17(8-14(13)2)25-11-15(9-21(25)27)22(28)30-12-20(26)24-18-10-16(23)5-7-19(18)29-3/h4-8,10,15H,9,11-12H2,1-3H3,(H,24,26)/t15-/m1/s1. The van der Waals surface area contributed by atoms with Crippen LogP contribution in [0.15, 0.2) is 36.4 Å². The van der Waals surface area contributed by atoms with Gasteiger partial charge in [0.15, 0.2) is 6.61 Å². The lowest BCUT2D eigenvalue weighted by Gasteiger charge is -2.18. The van der Waals surface area contributed by atoms with Crippen molar-refractivity contribution in [3.63, 3.8) is 0 Å². The molecule has 7 nitrogen and oxygen atoms in total. The van der Waals surface area contributed by atoms with Crippen molar-refractivity contribution in [1.29, 1.82) is 0 Å². The molecule has 1 saturated heterocycles. The minimum absolute atomic E-state index is 0.0511. The summed E-state index contributed by atoms with van der Waals surface area (Å²) in [7, 11) is 1.47. The monoisotopic (exact) mass is 430 g/mol. The number of hydrogen-bond donors (Lipinski definition) is 1. The van der Waals surface area contributed by atoms with Crippen LogP contribution in [0, 0.1) is 19.8 Å². The van der Waals surface area contributed by atoms with Crippen LogP contribution in [0.1, 0.15) is 17.5 Å². The fourth-order valence-electron chi connectivity index (χ4n) is 3.23. The summed E-state index contributed by atoms with van der Waals surface area (Å²) in [4.78, 5) is 38.5. The number of aryl methyl sites for hydroxylation is 2. The van der Waals surface area contributed by atoms with Gasteiger partial charge in [-0.25, -0.2) is 0 Å². The molecule has 1 N–H and O–H groups in total. The van der Waals surface area contributed by atoms with Gasteiger partial charge >= 0.3 is 5.97 Å². The molecule has 0 saturated carbocycles. The lowest BCUT2D eigenvalue weighted by Crippen LogP contribution is -2.28. The van der Waals surface area contributed by atoms with Crippen LogP contribution < -0.4 is 15.0 Å². The second-order valence-electron chi connectivity index (χ2n) is 7.17. The maximum atomic E-state index is 12.4. The molecule has 0 aromatic heterocycles. The number of anilines is 2. The molecule has 2 aromatic carbocycles. The number of amides is 2. The van der Waals surface area contributed by atoms with Crippen LogP contribution in [0.5, 0.6) is 5.75 Å². The van der Waals surface area contributed by atoms with Crippen LogP contribution in [0.3, 0.4) is 0 Å². The molecule has 0 radical (unpaired) electrons. The molecule has 158 valence electrons. The molecule has 1 fully saturated rings. The van der Waals surface area contributed by atoms with E-state index >= 15 is 0 Å². The van der Waals surface area contributed by atoms with Gasteiger partial charge < -0.3 is 19.7 Å². The van der Waals surface area contributed by atoms with Crippen molar-refractivity contribution < 1.29 is 23.9 Å². The van der Waals surface area contributed by atoms with Crippen molar-refractivity contribution in [3.8, 4) is 5.75 Å². The molecule has 3 rings (SSSR count). The summed E-state index contributed by atoms with van der Waals surface area (Å²) in [6, 6.07) is 10.5. The third-order valence-electron chi connectivity index (χ3n) is 5.04. The minimum Gasteiger partial charge on any atom is -0.495 e. The van der Waals surface area contributed by atoms with E-state index < -0.39 is 24.4 Å². The first-order valence-corrected chi connectivity index (χ1v) is 9.84. The van der Waals surface area contributed by atoms with Crippen LogP contribution in [0.25, 0.3) is 0 Å². The summed E-state index contributed by atoms with van der Waals surface area (Å²) in [6.07, 6.45) is 0.0511. The number of carbonyl (C=O) groups excluding carboxylic acids is 3. The predicted molar refractivity (Wildman–Crippen MR) is 114 cm³/mol. The van der Waals surface area contributed by atoms with E-state index in [9.17, 15) is 14.4 Å². The minimum atomic E-state index is -0.618. The van der Waals surface area contributed by atoms with Gasteiger partial charge in [0.05, 0.1) is 18.7 Å². The first-order chi connectivity index (χ1) is 14.3. The van der Waals surface area contributed by atoms with Crippen molar-refractivity contribution in [2.45, 2.75) is 20.3 Å². The number of hydrogen-bond acceptors (Lipinski definition) is 5. The highest BCUT2D eigenvalue weighted by Gasteiger charge is 2.36. The molecule has 2 amide bonds. The maximum Gasteiger partial charge on any atom is 0.311 e. The van der Waals surface area contributed by atoms with Crippen LogP contribution in [-0.4, -0.2) is 38.0 Å². The van der Waals surface area contributed by atoms with Gasteiger partial charge in [0, 0.05) is 23.7 Å². The number of halogens is 1. The van der Waals surface area contributed by atoms with Gasteiger partial charge in [-0.2, -0.15) is 0 Å². The van der Waals surface area contributed by atoms with E-state index in [2.05, 4.69) is 5.32 Å². The number of methoxy groups -OCH3 is 1. The summed E-state index contributed by atoms with van der Waals surface area (Å²) in [5, 5.41) is 3.03. The van der Waals surface area contributed by atoms with Crippen molar-refractivity contribution in [2.24, 2.45) is 5.92 Å². The van der Waals surface area contributed by atoms with E-state index in [4.69, 9.17) is 21.1 Å². The van der Waals surface area contributed by atoms with E-state index in [0.717, 1.165) is 16.8 Å². The van der Waals surface area contributed by atoms with E-state index in [0.29, 0.717) is 16.5 Å². The zero-order chi connectivity index (χ0) is 21.8. The number of esters is 1. The normalized spacial score (nSPS) is 15.8. The van der Waals surface area contributed by atoms with Gasteiger partial charge in [-0.1, -0.05) is 17.7 Å². The van der Waals surface area contributed by atoms with Crippen LogP contribution >= 0.6 is 11.6 Å². The molecule has 2 aromatic rings. The molecule has 1 atom stereocenters. The summed E-state index contributed by atoms with van der Waals surface area (Å²) < 4.78 is 10.3. The summed E-state index contributed by atoms with van der Waals surface area (Å²) in [6.45, 7) is 3.72. The van der Waals surface area contributed by atoms with E-state index in [1.807, 2.05) is 32.0 Å². The Balaban J connectivity index is 1.56. The topological polar surface area (TPSA) is 84.9 Å². The molecular weight excluding hydrogens is 408 g/mol. The van der Waals surface area contributed by atoms with Crippen LogP contribution in [-0.2, 0) is 19.1 Å². The first kappa shape index (κ1) is 21.6. The SMILES string of the molecule is COc1ccc(Cl)cc1NC(=O)COC(=O)[C@@H]1CC(=O)N(c2ccc(C)c(C)c2)C1. The summed E-state index contributed by atoms with van der Waals surface area (Å²) in [5.41, 5.74) is 3.33. The van der Waals surface area contributed by atoms with Gasteiger partial charge in [-0.05, 0) is 55.3 Å². The number of ether oxygens (including phenoxy) is 2. The van der Waals surface area contributed by atoms with Crippen molar-refractivity contribution >= 4 is 40.8 Å². The summed E-state index contributed by atoms with van der Waals surface area (Å²) in [5.74, 6) is -1.44. The van der Waals surface area contributed by atoms with Crippen molar-refractivity contribution in [2.75, 3.05) is 30.5 Å². The number of rotatable bonds is 6. The Morgan fingerprint density at radius 3 is 2.63 bits per heavy atom. The second-order valence-corrected chi connectivity index (χ2v) is 7.61.